The molecule has 1 heterocycles. The zero-order valence-electron chi connectivity index (χ0n) is 16.7. The molecule has 0 atom stereocenters. The zero-order chi connectivity index (χ0) is 20.4. The standard InChI is InChI=1S/C20H26N4O3S/c1-5-9-27-17-8-7-16(11-18(17)26-6-2)12-21-24-19(25)13-28-20-22-14(3)10-15(4)23-20/h7-8,10-12H,5-6,9,13H2,1-4H3,(H,24,25)/b21-12-. The number of rotatable bonds is 10. The lowest BCUT2D eigenvalue weighted by Crippen LogP contribution is -2.19. The third-order valence-electron chi connectivity index (χ3n) is 3.43. The number of carbonyl (C=O) groups excluding carboxylic acids is 1. The molecule has 0 radical (unpaired) electrons. The van der Waals surface area contributed by atoms with Crippen molar-refractivity contribution < 1.29 is 14.3 Å². The van der Waals surface area contributed by atoms with E-state index in [1.165, 1.54) is 11.8 Å². The molecule has 2 aromatic rings. The molecular weight excluding hydrogens is 376 g/mol. The third kappa shape index (κ3) is 7.19. The fourth-order valence-corrected chi connectivity index (χ4v) is 3.05. The van der Waals surface area contributed by atoms with Crippen LogP contribution in [0.5, 0.6) is 11.5 Å². The predicted molar refractivity (Wildman–Crippen MR) is 111 cm³/mol. The van der Waals surface area contributed by atoms with Crippen molar-refractivity contribution in [1.29, 1.82) is 0 Å². The largest absolute Gasteiger partial charge is 0.490 e. The molecule has 0 aliphatic carbocycles. The summed E-state index contributed by atoms with van der Waals surface area (Å²) in [4.78, 5) is 20.6. The Morgan fingerprint density at radius 1 is 1.14 bits per heavy atom. The summed E-state index contributed by atoms with van der Waals surface area (Å²) < 4.78 is 11.3. The van der Waals surface area contributed by atoms with Crippen molar-refractivity contribution in [3.63, 3.8) is 0 Å². The van der Waals surface area contributed by atoms with Gasteiger partial charge in [0.25, 0.3) is 5.91 Å². The number of nitrogens with zero attached hydrogens (tertiary/aromatic N) is 3. The van der Waals surface area contributed by atoms with E-state index in [-0.39, 0.29) is 11.7 Å². The Balaban J connectivity index is 1.90. The van der Waals surface area contributed by atoms with Crippen LogP contribution in [0.15, 0.2) is 34.5 Å². The molecule has 0 fully saturated rings. The highest BCUT2D eigenvalue weighted by molar-refractivity contribution is 7.99. The van der Waals surface area contributed by atoms with Crippen molar-refractivity contribution in [2.75, 3.05) is 19.0 Å². The molecule has 7 nitrogen and oxygen atoms in total. The second-order valence-corrected chi connectivity index (χ2v) is 6.95. The van der Waals surface area contributed by atoms with E-state index in [4.69, 9.17) is 9.47 Å². The molecule has 1 N–H and O–H groups in total. The van der Waals surface area contributed by atoms with E-state index in [0.29, 0.717) is 29.9 Å². The minimum absolute atomic E-state index is 0.189. The van der Waals surface area contributed by atoms with Crippen molar-refractivity contribution in [3.05, 3.63) is 41.2 Å². The second-order valence-electron chi connectivity index (χ2n) is 6.00. The van der Waals surface area contributed by atoms with Gasteiger partial charge in [-0.3, -0.25) is 4.79 Å². The number of amides is 1. The molecule has 0 saturated carbocycles. The van der Waals surface area contributed by atoms with E-state index in [0.717, 1.165) is 23.4 Å². The number of aromatic nitrogens is 2. The SMILES string of the molecule is CCCOc1ccc(/C=N\NC(=O)CSc2nc(C)cc(C)n2)cc1OCC. The number of ether oxygens (including phenoxy) is 2. The first kappa shape index (κ1) is 21.7. The molecule has 0 aliphatic heterocycles. The number of nitrogens with one attached hydrogen (secondary N) is 1. The highest BCUT2D eigenvalue weighted by Gasteiger charge is 2.07. The molecule has 0 saturated heterocycles. The van der Waals surface area contributed by atoms with Crippen LogP contribution in [0.25, 0.3) is 0 Å². The first-order valence-electron chi connectivity index (χ1n) is 9.18. The van der Waals surface area contributed by atoms with Gasteiger partial charge in [-0.15, -0.1) is 0 Å². The molecule has 8 heteroatoms. The van der Waals surface area contributed by atoms with E-state index in [2.05, 4.69) is 27.4 Å². The van der Waals surface area contributed by atoms with Gasteiger partial charge in [0, 0.05) is 11.4 Å². The molecule has 0 aliphatic rings. The number of benzene rings is 1. The Morgan fingerprint density at radius 2 is 1.89 bits per heavy atom. The molecule has 28 heavy (non-hydrogen) atoms. The molecule has 1 amide bonds. The summed E-state index contributed by atoms with van der Waals surface area (Å²) in [6, 6.07) is 7.43. The highest BCUT2D eigenvalue weighted by atomic mass is 32.2. The molecule has 0 spiro atoms. The number of hydrogen-bond acceptors (Lipinski definition) is 7. The summed E-state index contributed by atoms with van der Waals surface area (Å²) >= 11 is 1.28. The fraction of sp³-hybridized carbons (Fsp3) is 0.400. The van der Waals surface area contributed by atoms with Crippen LogP contribution in [0.3, 0.4) is 0 Å². The minimum atomic E-state index is -0.225. The number of hydrazone groups is 1. The van der Waals surface area contributed by atoms with Crippen LogP contribution < -0.4 is 14.9 Å². The fourth-order valence-electron chi connectivity index (χ4n) is 2.30. The average Bonchev–Trinajstić information content (AvgIpc) is 2.65. The van der Waals surface area contributed by atoms with Crippen molar-refractivity contribution in [2.24, 2.45) is 5.10 Å². The van der Waals surface area contributed by atoms with E-state index in [1.54, 1.807) is 6.21 Å². The average molecular weight is 403 g/mol. The monoisotopic (exact) mass is 402 g/mol. The number of aryl methyl sites for hydroxylation is 2. The maximum Gasteiger partial charge on any atom is 0.250 e. The lowest BCUT2D eigenvalue weighted by Gasteiger charge is -2.11. The van der Waals surface area contributed by atoms with Crippen molar-refractivity contribution >= 4 is 23.9 Å². The smallest absolute Gasteiger partial charge is 0.250 e. The maximum absolute atomic E-state index is 12.0. The maximum atomic E-state index is 12.0. The van der Waals surface area contributed by atoms with Crippen LogP contribution in [-0.4, -0.2) is 41.1 Å². The van der Waals surface area contributed by atoms with Crippen LogP contribution in [-0.2, 0) is 4.79 Å². The number of hydrogen-bond donors (Lipinski definition) is 1. The van der Waals surface area contributed by atoms with Gasteiger partial charge in [-0.1, -0.05) is 18.7 Å². The van der Waals surface area contributed by atoms with Gasteiger partial charge in [0.15, 0.2) is 16.7 Å². The topological polar surface area (TPSA) is 85.7 Å². The van der Waals surface area contributed by atoms with Crippen molar-refractivity contribution in [3.8, 4) is 11.5 Å². The summed E-state index contributed by atoms with van der Waals surface area (Å²) in [6.07, 6.45) is 2.49. The minimum Gasteiger partial charge on any atom is -0.490 e. The summed E-state index contributed by atoms with van der Waals surface area (Å²) in [5.74, 6) is 1.33. The van der Waals surface area contributed by atoms with E-state index < -0.39 is 0 Å². The molecule has 2 rings (SSSR count). The lowest BCUT2D eigenvalue weighted by molar-refractivity contribution is -0.118. The first-order valence-corrected chi connectivity index (χ1v) is 10.2. The number of thioether (sulfide) groups is 1. The quantitative estimate of drug-likeness (QED) is 0.283. The van der Waals surface area contributed by atoms with Crippen LogP contribution in [0.4, 0.5) is 0 Å². The Hall–Kier alpha value is -2.61. The van der Waals surface area contributed by atoms with Crippen LogP contribution in [0, 0.1) is 13.8 Å². The third-order valence-corrected chi connectivity index (χ3v) is 4.27. The summed E-state index contributed by atoms with van der Waals surface area (Å²) in [6.45, 7) is 8.94. The Kier molecular flexibility index (Phi) is 8.74. The van der Waals surface area contributed by atoms with Gasteiger partial charge < -0.3 is 9.47 Å². The van der Waals surface area contributed by atoms with Gasteiger partial charge >= 0.3 is 0 Å². The van der Waals surface area contributed by atoms with Gasteiger partial charge in [-0.2, -0.15) is 5.10 Å². The van der Waals surface area contributed by atoms with Gasteiger partial charge in [0.2, 0.25) is 0 Å². The van der Waals surface area contributed by atoms with Gasteiger partial charge in [0.05, 0.1) is 25.2 Å². The van der Waals surface area contributed by atoms with Crippen molar-refractivity contribution in [1.82, 2.24) is 15.4 Å². The van der Waals surface area contributed by atoms with Gasteiger partial charge in [0.1, 0.15) is 0 Å². The summed E-state index contributed by atoms with van der Waals surface area (Å²) in [5, 5.41) is 4.59. The van der Waals surface area contributed by atoms with Gasteiger partial charge in [-0.25, -0.2) is 15.4 Å². The predicted octanol–water partition coefficient (Wildman–Crippen LogP) is 3.52. The molecule has 0 bridgehead atoms. The summed E-state index contributed by atoms with van der Waals surface area (Å²) in [7, 11) is 0. The lowest BCUT2D eigenvalue weighted by atomic mass is 10.2. The first-order chi connectivity index (χ1) is 13.5. The van der Waals surface area contributed by atoms with Crippen LogP contribution >= 0.6 is 11.8 Å². The van der Waals surface area contributed by atoms with E-state index in [9.17, 15) is 4.79 Å². The molecule has 150 valence electrons. The molecule has 1 aromatic heterocycles. The van der Waals surface area contributed by atoms with Crippen LogP contribution in [0.1, 0.15) is 37.2 Å². The Bertz CT molecular complexity index is 807. The normalized spacial score (nSPS) is 10.9. The van der Waals surface area contributed by atoms with Gasteiger partial charge in [-0.05, 0) is 57.0 Å². The highest BCUT2D eigenvalue weighted by Crippen LogP contribution is 2.28. The van der Waals surface area contributed by atoms with E-state index in [1.807, 2.05) is 45.0 Å². The molecule has 1 aromatic carbocycles. The van der Waals surface area contributed by atoms with E-state index >= 15 is 0 Å². The molecular formula is C20H26N4O3S. The Labute approximate surface area is 170 Å². The number of carbonyl (C=O) groups is 1. The molecule has 0 unspecified atom stereocenters. The zero-order valence-corrected chi connectivity index (χ0v) is 17.5. The second kappa shape index (κ2) is 11.3. The Morgan fingerprint density at radius 3 is 2.57 bits per heavy atom. The van der Waals surface area contributed by atoms with Crippen LogP contribution in [0.2, 0.25) is 0 Å². The van der Waals surface area contributed by atoms with Crippen molar-refractivity contribution in [2.45, 2.75) is 39.3 Å². The summed E-state index contributed by atoms with van der Waals surface area (Å²) in [5.41, 5.74) is 5.08.